The van der Waals surface area contributed by atoms with Crippen molar-refractivity contribution in [2.75, 3.05) is 7.05 Å². The molecule has 3 rings (SSSR count). The van der Waals surface area contributed by atoms with Crippen molar-refractivity contribution in [3.8, 4) is 11.4 Å². The molecule has 24 heavy (non-hydrogen) atoms. The van der Waals surface area contributed by atoms with Crippen molar-refractivity contribution in [3.63, 3.8) is 0 Å². The molecule has 0 spiro atoms. The summed E-state index contributed by atoms with van der Waals surface area (Å²) in [7, 11) is 1.65. The first kappa shape index (κ1) is 15.8. The van der Waals surface area contributed by atoms with E-state index in [1.54, 1.807) is 19.2 Å². The van der Waals surface area contributed by atoms with Gasteiger partial charge in [-0.1, -0.05) is 35.5 Å². The van der Waals surface area contributed by atoms with Gasteiger partial charge < -0.3 is 9.32 Å². The lowest BCUT2D eigenvalue weighted by Gasteiger charge is -2.16. The van der Waals surface area contributed by atoms with Crippen molar-refractivity contribution < 1.29 is 13.7 Å². The Kier molecular flexibility index (Phi) is 4.33. The molecule has 0 unspecified atom stereocenters. The number of nitrogens with zero attached hydrogens (tertiary/aromatic N) is 3. The van der Waals surface area contributed by atoms with Gasteiger partial charge in [0, 0.05) is 12.6 Å². The zero-order valence-corrected chi connectivity index (χ0v) is 13.4. The van der Waals surface area contributed by atoms with Gasteiger partial charge in [0.25, 0.3) is 0 Å². The lowest BCUT2D eigenvalue weighted by molar-refractivity contribution is -0.131. The van der Waals surface area contributed by atoms with Crippen LogP contribution >= 0.6 is 0 Å². The largest absolute Gasteiger partial charge is 0.464 e. The molecule has 0 bridgehead atoms. The van der Waals surface area contributed by atoms with Crippen LogP contribution in [0.3, 0.4) is 0 Å². The third-order valence-corrected chi connectivity index (χ3v) is 3.63. The molecule has 124 valence electrons. The number of benzene rings is 1. The Balaban J connectivity index is 1.77. The molecule has 3 aromatic rings. The molecule has 7 nitrogen and oxygen atoms in total. The highest BCUT2D eigenvalue weighted by atomic mass is 16.5. The summed E-state index contributed by atoms with van der Waals surface area (Å²) >= 11 is 0. The summed E-state index contributed by atoms with van der Waals surface area (Å²) in [5.41, 5.74) is 0.709. The molecule has 0 N–H and O–H groups in total. The van der Waals surface area contributed by atoms with Gasteiger partial charge in [-0.15, -0.1) is 0 Å². The van der Waals surface area contributed by atoms with Crippen LogP contribution in [0, 0.1) is 6.92 Å². The summed E-state index contributed by atoms with van der Waals surface area (Å²) in [6.07, 6.45) is 0. The van der Waals surface area contributed by atoms with Crippen LogP contribution < -0.4 is 5.76 Å². The van der Waals surface area contributed by atoms with Crippen molar-refractivity contribution in [2.24, 2.45) is 0 Å². The average molecular weight is 327 g/mol. The Morgan fingerprint density at radius 3 is 2.62 bits per heavy atom. The first-order valence-corrected chi connectivity index (χ1v) is 7.46. The number of furan rings is 1. The second kappa shape index (κ2) is 6.57. The van der Waals surface area contributed by atoms with Crippen molar-refractivity contribution in [3.05, 3.63) is 64.5 Å². The van der Waals surface area contributed by atoms with Gasteiger partial charge in [0.2, 0.25) is 5.91 Å². The van der Waals surface area contributed by atoms with Gasteiger partial charge in [-0.05, 0) is 19.1 Å². The van der Waals surface area contributed by atoms with Gasteiger partial charge in [-0.3, -0.25) is 9.32 Å². The molecule has 1 amide bonds. The second-order valence-corrected chi connectivity index (χ2v) is 5.49. The molecule has 0 aliphatic carbocycles. The van der Waals surface area contributed by atoms with Crippen molar-refractivity contribution in [1.82, 2.24) is 14.6 Å². The van der Waals surface area contributed by atoms with Crippen LogP contribution in [-0.4, -0.2) is 27.6 Å². The van der Waals surface area contributed by atoms with Crippen LogP contribution in [-0.2, 0) is 17.9 Å². The molecule has 0 radical (unpaired) electrons. The van der Waals surface area contributed by atoms with E-state index in [0.29, 0.717) is 23.7 Å². The zero-order chi connectivity index (χ0) is 17.1. The van der Waals surface area contributed by atoms with E-state index in [9.17, 15) is 9.59 Å². The van der Waals surface area contributed by atoms with Crippen LogP contribution in [0.5, 0.6) is 0 Å². The van der Waals surface area contributed by atoms with Crippen molar-refractivity contribution >= 4 is 5.91 Å². The number of rotatable bonds is 5. The van der Waals surface area contributed by atoms with E-state index in [0.717, 1.165) is 5.76 Å². The fourth-order valence-corrected chi connectivity index (χ4v) is 2.35. The predicted octanol–water partition coefficient (Wildman–Crippen LogP) is 2.06. The van der Waals surface area contributed by atoms with Gasteiger partial charge in [0.1, 0.15) is 18.1 Å². The standard InChI is InChI=1S/C17H17N3O4/c1-12-8-9-14(23-12)10-19(2)15(21)11-20-16(18-24-17(20)22)13-6-4-3-5-7-13/h3-9H,10-11H2,1-2H3. The fraction of sp³-hybridized carbons (Fsp3) is 0.235. The Hall–Kier alpha value is -3.09. The quantitative estimate of drug-likeness (QED) is 0.716. The molecule has 0 aliphatic heterocycles. The minimum Gasteiger partial charge on any atom is -0.464 e. The summed E-state index contributed by atoms with van der Waals surface area (Å²) in [5, 5.41) is 3.77. The van der Waals surface area contributed by atoms with E-state index in [2.05, 4.69) is 5.16 Å². The van der Waals surface area contributed by atoms with Crippen LogP contribution in [0.4, 0.5) is 0 Å². The smallest absolute Gasteiger partial charge is 0.442 e. The van der Waals surface area contributed by atoms with Gasteiger partial charge in [0.15, 0.2) is 5.82 Å². The molecule has 7 heteroatoms. The summed E-state index contributed by atoms with van der Waals surface area (Å²) in [6.45, 7) is 2.02. The molecule has 2 aromatic heterocycles. The number of carbonyl (C=O) groups excluding carboxylic acids is 1. The van der Waals surface area contributed by atoms with Gasteiger partial charge in [0.05, 0.1) is 6.54 Å². The highest BCUT2D eigenvalue weighted by Crippen LogP contribution is 2.15. The summed E-state index contributed by atoms with van der Waals surface area (Å²) in [4.78, 5) is 25.8. The Bertz CT molecular complexity index is 892. The molecule has 1 aromatic carbocycles. The van der Waals surface area contributed by atoms with E-state index < -0.39 is 5.76 Å². The second-order valence-electron chi connectivity index (χ2n) is 5.49. The number of aryl methyl sites for hydroxylation is 1. The molecule has 0 aliphatic rings. The van der Waals surface area contributed by atoms with Gasteiger partial charge in [-0.25, -0.2) is 9.36 Å². The number of hydrogen-bond acceptors (Lipinski definition) is 5. The minimum atomic E-state index is -0.663. The summed E-state index contributed by atoms with van der Waals surface area (Å²) < 4.78 is 11.4. The van der Waals surface area contributed by atoms with E-state index >= 15 is 0 Å². The van der Waals surface area contributed by atoms with E-state index in [4.69, 9.17) is 8.94 Å². The first-order valence-electron chi connectivity index (χ1n) is 7.46. The molecule has 0 saturated heterocycles. The van der Waals surface area contributed by atoms with Crippen molar-refractivity contribution in [2.45, 2.75) is 20.0 Å². The molecular weight excluding hydrogens is 310 g/mol. The maximum atomic E-state index is 12.4. The summed E-state index contributed by atoms with van der Waals surface area (Å²) in [5.74, 6) is 0.893. The number of hydrogen-bond donors (Lipinski definition) is 0. The predicted molar refractivity (Wildman–Crippen MR) is 86.1 cm³/mol. The highest BCUT2D eigenvalue weighted by molar-refractivity contribution is 5.76. The number of aromatic nitrogens is 2. The van der Waals surface area contributed by atoms with E-state index in [-0.39, 0.29) is 12.5 Å². The minimum absolute atomic E-state index is 0.150. The first-order chi connectivity index (χ1) is 11.5. The third-order valence-electron chi connectivity index (χ3n) is 3.63. The van der Waals surface area contributed by atoms with E-state index in [1.807, 2.05) is 37.3 Å². The van der Waals surface area contributed by atoms with Crippen molar-refractivity contribution in [1.29, 1.82) is 0 Å². The van der Waals surface area contributed by atoms with E-state index in [1.165, 1.54) is 9.47 Å². The average Bonchev–Trinajstić information content (AvgIpc) is 3.14. The normalized spacial score (nSPS) is 10.8. The fourth-order valence-electron chi connectivity index (χ4n) is 2.35. The van der Waals surface area contributed by atoms with Crippen LogP contribution in [0.25, 0.3) is 11.4 Å². The molecule has 2 heterocycles. The topological polar surface area (TPSA) is 81.5 Å². The van der Waals surface area contributed by atoms with Crippen LogP contribution in [0.2, 0.25) is 0 Å². The highest BCUT2D eigenvalue weighted by Gasteiger charge is 2.18. The molecule has 0 saturated carbocycles. The Labute approximate surface area is 138 Å². The molecule has 0 atom stereocenters. The maximum absolute atomic E-state index is 12.4. The monoisotopic (exact) mass is 327 g/mol. The van der Waals surface area contributed by atoms with Gasteiger partial charge in [-0.2, -0.15) is 0 Å². The zero-order valence-electron chi connectivity index (χ0n) is 13.4. The van der Waals surface area contributed by atoms with Crippen LogP contribution in [0.15, 0.2) is 56.2 Å². The SMILES string of the molecule is Cc1ccc(CN(C)C(=O)Cn2c(-c3ccccc3)noc2=O)o1. The number of carbonyl (C=O) groups is 1. The lowest BCUT2D eigenvalue weighted by atomic mass is 10.2. The van der Waals surface area contributed by atoms with Gasteiger partial charge >= 0.3 is 5.76 Å². The Morgan fingerprint density at radius 2 is 1.96 bits per heavy atom. The third kappa shape index (κ3) is 3.29. The Morgan fingerprint density at radius 1 is 1.21 bits per heavy atom. The molecular formula is C17H17N3O4. The van der Waals surface area contributed by atoms with Crippen LogP contribution in [0.1, 0.15) is 11.5 Å². The number of amides is 1. The summed E-state index contributed by atoms with van der Waals surface area (Å²) in [6, 6.07) is 12.8. The number of likely N-dealkylation sites (N-methyl/N-ethyl adjacent to an activating group) is 1. The maximum Gasteiger partial charge on any atom is 0.442 e. The molecule has 0 fully saturated rings. The lowest BCUT2D eigenvalue weighted by Crippen LogP contribution is -2.32.